The van der Waals surface area contributed by atoms with Gasteiger partial charge in [0.05, 0.1) is 6.61 Å². The van der Waals surface area contributed by atoms with Gasteiger partial charge in [-0.25, -0.2) is 0 Å². The molecular weight excluding hydrogens is 264 g/mol. The molecule has 1 amide bonds. The van der Waals surface area contributed by atoms with Gasteiger partial charge in [-0.05, 0) is 43.5 Å². The van der Waals surface area contributed by atoms with Gasteiger partial charge in [0, 0.05) is 23.6 Å². The zero-order valence-corrected chi connectivity index (χ0v) is 13.1. The number of hydrogen-bond donors (Lipinski definition) is 1. The number of nitrogens with zero attached hydrogens (tertiary/aromatic N) is 1. The third kappa shape index (κ3) is 4.25. The second-order valence-corrected chi connectivity index (χ2v) is 5.63. The average Bonchev–Trinajstić information content (AvgIpc) is 2.81. The molecule has 1 N–H and O–H groups in total. The molecule has 1 heterocycles. The number of carbonyl (C=O) groups excluding carboxylic acids is 1. The number of amides is 1. The van der Waals surface area contributed by atoms with Gasteiger partial charge in [-0.2, -0.15) is 0 Å². The standard InChI is InChI=1S/C17H24N2O2/c1-4-21-15-5-6-16-14(11-15)8-10-19(16)12-17(20)18-9-7-13(2)3/h5-6,8,10-11,13H,4,7,9,12H2,1-3H3,(H,18,20). The SMILES string of the molecule is CCOc1ccc2c(ccn2CC(=O)NCCC(C)C)c1. The number of aromatic nitrogens is 1. The van der Waals surface area contributed by atoms with Crippen LogP contribution in [-0.4, -0.2) is 23.6 Å². The summed E-state index contributed by atoms with van der Waals surface area (Å²) in [4.78, 5) is 11.9. The molecular formula is C17H24N2O2. The predicted octanol–water partition coefficient (Wildman–Crippen LogP) is 3.20. The van der Waals surface area contributed by atoms with Crippen molar-refractivity contribution in [2.75, 3.05) is 13.2 Å². The van der Waals surface area contributed by atoms with Crippen LogP contribution in [0, 0.1) is 5.92 Å². The minimum absolute atomic E-state index is 0.0574. The molecule has 2 aromatic rings. The summed E-state index contributed by atoms with van der Waals surface area (Å²) >= 11 is 0. The van der Waals surface area contributed by atoms with E-state index in [0.717, 1.165) is 29.6 Å². The lowest BCUT2D eigenvalue weighted by Crippen LogP contribution is -2.28. The van der Waals surface area contributed by atoms with E-state index in [0.29, 0.717) is 19.1 Å². The number of nitrogens with one attached hydrogen (secondary N) is 1. The lowest BCUT2D eigenvalue weighted by Gasteiger charge is -2.09. The van der Waals surface area contributed by atoms with Crippen molar-refractivity contribution in [3.8, 4) is 5.75 Å². The van der Waals surface area contributed by atoms with E-state index in [2.05, 4.69) is 19.2 Å². The van der Waals surface area contributed by atoms with Gasteiger partial charge in [-0.15, -0.1) is 0 Å². The molecule has 0 aliphatic rings. The number of fused-ring (bicyclic) bond motifs is 1. The van der Waals surface area contributed by atoms with Gasteiger partial charge in [-0.3, -0.25) is 4.79 Å². The summed E-state index contributed by atoms with van der Waals surface area (Å²) in [5.74, 6) is 1.53. The molecule has 1 aromatic heterocycles. The Bertz CT molecular complexity index is 602. The molecule has 0 saturated carbocycles. The Morgan fingerprint density at radius 2 is 2.14 bits per heavy atom. The highest BCUT2D eigenvalue weighted by molar-refractivity contribution is 5.84. The van der Waals surface area contributed by atoms with E-state index in [1.807, 2.05) is 42.0 Å². The van der Waals surface area contributed by atoms with Gasteiger partial charge >= 0.3 is 0 Å². The summed E-state index contributed by atoms with van der Waals surface area (Å²) in [6.45, 7) is 8.03. The smallest absolute Gasteiger partial charge is 0.239 e. The van der Waals surface area contributed by atoms with Gasteiger partial charge in [0.1, 0.15) is 12.3 Å². The van der Waals surface area contributed by atoms with Crippen molar-refractivity contribution in [3.63, 3.8) is 0 Å². The fourth-order valence-electron chi connectivity index (χ4n) is 2.28. The first-order valence-electron chi connectivity index (χ1n) is 7.58. The third-order valence-corrected chi connectivity index (χ3v) is 3.41. The molecule has 114 valence electrons. The van der Waals surface area contributed by atoms with E-state index < -0.39 is 0 Å². The summed E-state index contributed by atoms with van der Waals surface area (Å²) in [5.41, 5.74) is 1.05. The second-order valence-electron chi connectivity index (χ2n) is 5.63. The van der Waals surface area contributed by atoms with Crippen LogP contribution in [0.4, 0.5) is 0 Å². The summed E-state index contributed by atoms with van der Waals surface area (Å²) in [6, 6.07) is 7.96. The Hall–Kier alpha value is -1.97. The maximum atomic E-state index is 11.9. The Morgan fingerprint density at radius 3 is 2.86 bits per heavy atom. The Balaban J connectivity index is 2.00. The molecule has 0 unspecified atom stereocenters. The van der Waals surface area contributed by atoms with Crippen LogP contribution < -0.4 is 10.1 Å². The van der Waals surface area contributed by atoms with Crippen LogP contribution >= 0.6 is 0 Å². The number of carbonyl (C=O) groups is 1. The molecule has 0 fully saturated rings. The largest absolute Gasteiger partial charge is 0.494 e. The predicted molar refractivity (Wildman–Crippen MR) is 85.6 cm³/mol. The van der Waals surface area contributed by atoms with E-state index in [9.17, 15) is 4.79 Å². The Kier molecular flexibility index (Phi) is 5.26. The molecule has 0 radical (unpaired) electrons. The zero-order valence-electron chi connectivity index (χ0n) is 13.1. The van der Waals surface area contributed by atoms with Gasteiger partial charge in [0.2, 0.25) is 5.91 Å². The van der Waals surface area contributed by atoms with Crippen molar-refractivity contribution >= 4 is 16.8 Å². The lowest BCUT2D eigenvalue weighted by atomic mass is 10.1. The first-order valence-corrected chi connectivity index (χ1v) is 7.58. The van der Waals surface area contributed by atoms with Crippen molar-refractivity contribution < 1.29 is 9.53 Å². The summed E-state index contributed by atoms with van der Waals surface area (Å²) in [6.07, 6.45) is 2.96. The molecule has 0 spiro atoms. The number of benzene rings is 1. The monoisotopic (exact) mass is 288 g/mol. The molecule has 1 aromatic carbocycles. The molecule has 21 heavy (non-hydrogen) atoms. The Morgan fingerprint density at radius 1 is 1.33 bits per heavy atom. The van der Waals surface area contributed by atoms with Crippen LogP contribution in [0.5, 0.6) is 5.75 Å². The van der Waals surface area contributed by atoms with Crippen molar-refractivity contribution in [1.82, 2.24) is 9.88 Å². The Labute approximate surface area is 126 Å². The minimum atomic E-state index is 0.0574. The first-order chi connectivity index (χ1) is 10.1. The highest BCUT2D eigenvalue weighted by atomic mass is 16.5. The molecule has 0 atom stereocenters. The lowest BCUT2D eigenvalue weighted by molar-refractivity contribution is -0.121. The topological polar surface area (TPSA) is 43.3 Å². The maximum absolute atomic E-state index is 11.9. The normalized spacial score (nSPS) is 11.0. The summed E-state index contributed by atoms with van der Waals surface area (Å²) < 4.78 is 7.46. The second kappa shape index (κ2) is 7.16. The van der Waals surface area contributed by atoms with E-state index in [4.69, 9.17) is 4.74 Å². The molecule has 2 rings (SSSR count). The van der Waals surface area contributed by atoms with Crippen LogP contribution in [0.2, 0.25) is 0 Å². The quantitative estimate of drug-likeness (QED) is 0.850. The van der Waals surface area contributed by atoms with E-state index in [1.54, 1.807) is 0 Å². The molecule has 0 aliphatic heterocycles. The van der Waals surface area contributed by atoms with Crippen LogP contribution in [0.3, 0.4) is 0 Å². The number of rotatable bonds is 7. The number of hydrogen-bond acceptors (Lipinski definition) is 2. The molecule has 0 saturated heterocycles. The highest BCUT2D eigenvalue weighted by Crippen LogP contribution is 2.22. The van der Waals surface area contributed by atoms with Gasteiger partial charge < -0.3 is 14.6 Å². The first kappa shape index (κ1) is 15.4. The van der Waals surface area contributed by atoms with Gasteiger partial charge in [0.25, 0.3) is 0 Å². The van der Waals surface area contributed by atoms with Crippen molar-refractivity contribution in [1.29, 1.82) is 0 Å². The molecule has 4 nitrogen and oxygen atoms in total. The number of ether oxygens (including phenoxy) is 1. The minimum Gasteiger partial charge on any atom is -0.494 e. The van der Waals surface area contributed by atoms with Gasteiger partial charge in [0.15, 0.2) is 0 Å². The molecule has 0 aliphatic carbocycles. The van der Waals surface area contributed by atoms with E-state index >= 15 is 0 Å². The zero-order chi connectivity index (χ0) is 15.2. The van der Waals surface area contributed by atoms with Crippen LogP contribution in [0.1, 0.15) is 27.2 Å². The summed E-state index contributed by atoms with van der Waals surface area (Å²) in [5, 5.41) is 4.06. The van der Waals surface area contributed by atoms with Crippen LogP contribution in [0.25, 0.3) is 10.9 Å². The highest BCUT2D eigenvalue weighted by Gasteiger charge is 2.07. The fourth-order valence-corrected chi connectivity index (χ4v) is 2.28. The maximum Gasteiger partial charge on any atom is 0.239 e. The fraction of sp³-hybridized carbons (Fsp3) is 0.471. The molecule has 0 bridgehead atoms. The van der Waals surface area contributed by atoms with Gasteiger partial charge in [-0.1, -0.05) is 13.8 Å². The van der Waals surface area contributed by atoms with E-state index in [-0.39, 0.29) is 5.91 Å². The van der Waals surface area contributed by atoms with Crippen LogP contribution in [0.15, 0.2) is 30.5 Å². The average molecular weight is 288 g/mol. The third-order valence-electron chi connectivity index (χ3n) is 3.41. The molecule has 4 heteroatoms. The summed E-state index contributed by atoms with van der Waals surface area (Å²) in [7, 11) is 0. The van der Waals surface area contributed by atoms with Crippen LogP contribution in [-0.2, 0) is 11.3 Å². The van der Waals surface area contributed by atoms with E-state index in [1.165, 1.54) is 0 Å². The van der Waals surface area contributed by atoms with Crippen molar-refractivity contribution in [2.24, 2.45) is 5.92 Å². The van der Waals surface area contributed by atoms with Crippen molar-refractivity contribution in [3.05, 3.63) is 30.5 Å². The van der Waals surface area contributed by atoms with Crippen molar-refractivity contribution in [2.45, 2.75) is 33.7 Å².